The highest BCUT2D eigenvalue weighted by Gasteiger charge is 2.25. The molecular formula is C18H28N2O2. The van der Waals surface area contributed by atoms with Crippen LogP contribution in [-0.2, 0) is 5.41 Å². The Morgan fingerprint density at radius 1 is 1.27 bits per heavy atom. The molecule has 1 aromatic rings. The summed E-state index contributed by atoms with van der Waals surface area (Å²) >= 11 is 0. The number of piperazine rings is 1. The molecule has 4 nitrogen and oxygen atoms in total. The maximum absolute atomic E-state index is 12.8. The van der Waals surface area contributed by atoms with Crippen molar-refractivity contribution < 1.29 is 9.53 Å². The van der Waals surface area contributed by atoms with Gasteiger partial charge in [-0.05, 0) is 24.0 Å². The molecule has 122 valence electrons. The maximum atomic E-state index is 12.8. The zero-order valence-electron chi connectivity index (χ0n) is 14.5. The molecule has 0 unspecified atom stereocenters. The zero-order valence-corrected chi connectivity index (χ0v) is 14.5. The summed E-state index contributed by atoms with van der Waals surface area (Å²) in [4.78, 5) is 15.0. The Labute approximate surface area is 133 Å². The maximum Gasteiger partial charge on any atom is 0.180 e. The molecule has 1 fully saturated rings. The van der Waals surface area contributed by atoms with Crippen LogP contribution in [0.4, 0.5) is 0 Å². The molecule has 0 spiro atoms. The van der Waals surface area contributed by atoms with Gasteiger partial charge in [0, 0.05) is 31.7 Å². The molecule has 0 aliphatic carbocycles. The fourth-order valence-corrected chi connectivity index (χ4v) is 2.91. The van der Waals surface area contributed by atoms with Gasteiger partial charge < -0.3 is 10.1 Å². The Balaban J connectivity index is 2.32. The quantitative estimate of drug-likeness (QED) is 0.867. The second kappa shape index (κ2) is 6.80. The summed E-state index contributed by atoms with van der Waals surface area (Å²) in [7, 11) is 1.65. The first-order valence-corrected chi connectivity index (χ1v) is 7.98. The van der Waals surface area contributed by atoms with Crippen molar-refractivity contribution in [2.75, 3.05) is 39.8 Å². The Morgan fingerprint density at radius 2 is 1.91 bits per heavy atom. The molecule has 1 aliphatic rings. The number of Topliss-reactive ketones (excluding diaryl/α,β-unsaturated/α-hetero) is 1. The molecule has 1 N–H and O–H groups in total. The fourth-order valence-electron chi connectivity index (χ4n) is 2.91. The van der Waals surface area contributed by atoms with E-state index >= 15 is 0 Å². The van der Waals surface area contributed by atoms with Crippen LogP contribution in [0.3, 0.4) is 0 Å². The summed E-state index contributed by atoms with van der Waals surface area (Å²) < 4.78 is 5.62. The van der Waals surface area contributed by atoms with Crippen LogP contribution in [0.15, 0.2) is 12.1 Å². The average Bonchev–Trinajstić information content (AvgIpc) is 2.46. The van der Waals surface area contributed by atoms with Gasteiger partial charge in [-0.1, -0.05) is 26.8 Å². The van der Waals surface area contributed by atoms with Gasteiger partial charge in [-0.25, -0.2) is 0 Å². The van der Waals surface area contributed by atoms with Crippen molar-refractivity contribution in [1.29, 1.82) is 0 Å². The number of carbonyl (C=O) groups excluding carboxylic acids is 1. The van der Waals surface area contributed by atoms with E-state index in [0.29, 0.717) is 12.1 Å². The standard InChI is InChI=1S/C18H28N2O2/c1-13-10-14(16(21)12-20-8-6-19-7-9-20)17(22-5)15(11-13)18(2,3)4/h10-11,19H,6-9,12H2,1-5H3. The number of carbonyl (C=O) groups is 1. The molecule has 4 heteroatoms. The molecule has 0 atom stereocenters. The van der Waals surface area contributed by atoms with E-state index in [1.54, 1.807) is 7.11 Å². The van der Waals surface area contributed by atoms with Crippen LogP contribution in [0, 0.1) is 6.92 Å². The van der Waals surface area contributed by atoms with E-state index in [2.05, 4.69) is 37.1 Å². The molecular weight excluding hydrogens is 276 g/mol. The number of methoxy groups -OCH3 is 1. The minimum absolute atomic E-state index is 0.0541. The lowest BCUT2D eigenvalue weighted by molar-refractivity contribution is 0.0918. The van der Waals surface area contributed by atoms with Crippen molar-refractivity contribution in [2.45, 2.75) is 33.1 Å². The predicted octanol–water partition coefficient (Wildman–Crippen LogP) is 2.39. The van der Waals surface area contributed by atoms with Crippen LogP contribution in [0.5, 0.6) is 5.75 Å². The molecule has 1 aliphatic heterocycles. The normalized spacial score (nSPS) is 16.6. The topological polar surface area (TPSA) is 41.6 Å². The summed E-state index contributed by atoms with van der Waals surface area (Å²) in [5.74, 6) is 0.881. The average molecular weight is 304 g/mol. The van der Waals surface area contributed by atoms with Gasteiger partial charge in [-0.15, -0.1) is 0 Å². The second-order valence-electron chi connectivity index (χ2n) is 7.09. The number of nitrogens with zero attached hydrogens (tertiary/aromatic N) is 1. The molecule has 1 aromatic carbocycles. The van der Waals surface area contributed by atoms with E-state index in [1.165, 1.54) is 0 Å². The molecule has 1 saturated heterocycles. The number of ketones is 1. The number of hydrogen-bond donors (Lipinski definition) is 1. The molecule has 22 heavy (non-hydrogen) atoms. The van der Waals surface area contributed by atoms with Crippen molar-refractivity contribution >= 4 is 5.78 Å². The van der Waals surface area contributed by atoms with Crippen molar-refractivity contribution in [2.24, 2.45) is 0 Å². The van der Waals surface area contributed by atoms with E-state index in [4.69, 9.17) is 4.74 Å². The molecule has 0 radical (unpaired) electrons. The summed E-state index contributed by atoms with van der Waals surface area (Å²) in [5, 5.41) is 3.31. The number of benzene rings is 1. The number of ether oxygens (including phenoxy) is 1. The van der Waals surface area contributed by atoms with Crippen molar-refractivity contribution in [3.63, 3.8) is 0 Å². The Kier molecular flexibility index (Phi) is 5.24. The van der Waals surface area contributed by atoms with Crippen LogP contribution in [0.1, 0.15) is 42.3 Å². The van der Waals surface area contributed by atoms with Gasteiger partial charge in [-0.2, -0.15) is 0 Å². The van der Waals surface area contributed by atoms with E-state index in [-0.39, 0.29) is 11.2 Å². The Hall–Kier alpha value is -1.39. The van der Waals surface area contributed by atoms with Gasteiger partial charge >= 0.3 is 0 Å². The smallest absolute Gasteiger partial charge is 0.180 e. The minimum atomic E-state index is -0.0541. The summed E-state index contributed by atoms with van der Waals surface area (Å²) in [6, 6.07) is 4.08. The largest absolute Gasteiger partial charge is 0.496 e. The first kappa shape index (κ1) is 17.0. The first-order chi connectivity index (χ1) is 10.3. The van der Waals surface area contributed by atoms with Gasteiger partial charge in [0.2, 0.25) is 0 Å². The van der Waals surface area contributed by atoms with Gasteiger partial charge in [0.05, 0.1) is 19.2 Å². The zero-order chi connectivity index (χ0) is 16.3. The third kappa shape index (κ3) is 3.87. The van der Waals surface area contributed by atoms with Gasteiger partial charge in [0.1, 0.15) is 5.75 Å². The lowest BCUT2D eigenvalue weighted by Crippen LogP contribution is -2.45. The Morgan fingerprint density at radius 3 is 2.45 bits per heavy atom. The monoisotopic (exact) mass is 304 g/mol. The molecule has 0 bridgehead atoms. The molecule has 2 rings (SSSR count). The van der Waals surface area contributed by atoms with Crippen molar-refractivity contribution in [1.82, 2.24) is 10.2 Å². The molecule has 0 saturated carbocycles. The van der Waals surface area contributed by atoms with Gasteiger partial charge in [0.25, 0.3) is 0 Å². The van der Waals surface area contributed by atoms with E-state index in [0.717, 1.165) is 43.1 Å². The van der Waals surface area contributed by atoms with E-state index < -0.39 is 0 Å². The summed E-state index contributed by atoms with van der Waals surface area (Å²) in [5.41, 5.74) is 2.86. The van der Waals surface area contributed by atoms with Crippen LogP contribution in [0.2, 0.25) is 0 Å². The second-order valence-corrected chi connectivity index (χ2v) is 7.09. The van der Waals surface area contributed by atoms with Gasteiger partial charge in [0.15, 0.2) is 5.78 Å². The van der Waals surface area contributed by atoms with E-state index in [9.17, 15) is 4.79 Å². The lowest BCUT2D eigenvalue weighted by Gasteiger charge is -2.28. The SMILES string of the molecule is COc1c(C(=O)CN2CCNCC2)cc(C)cc1C(C)(C)C. The summed E-state index contributed by atoms with van der Waals surface area (Å²) in [6.45, 7) is 12.7. The molecule has 1 heterocycles. The molecule has 0 aromatic heterocycles. The fraction of sp³-hybridized carbons (Fsp3) is 0.611. The highest BCUT2D eigenvalue weighted by molar-refractivity contribution is 6.00. The lowest BCUT2D eigenvalue weighted by atomic mass is 9.83. The third-order valence-electron chi connectivity index (χ3n) is 4.12. The van der Waals surface area contributed by atoms with Crippen molar-refractivity contribution in [3.05, 3.63) is 28.8 Å². The number of hydrogen-bond acceptors (Lipinski definition) is 4. The number of nitrogens with one attached hydrogen (secondary N) is 1. The highest BCUT2D eigenvalue weighted by atomic mass is 16.5. The van der Waals surface area contributed by atoms with Gasteiger partial charge in [-0.3, -0.25) is 9.69 Å². The highest BCUT2D eigenvalue weighted by Crippen LogP contribution is 2.35. The number of rotatable bonds is 4. The molecule has 0 amide bonds. The Bertz CT molecular complexity index is 541. The number of aryl methyl sites for hydroxylation is 1. The van der Waals surface area contributed by atoms with Crippen LogP contribution in [0.25, 0.3) is 0 Å². The van der Waals surface area contributed by atoms with Crippen LogP contribution >= 0.6 is 0 Å². The van der Waals surface area contributed by atoms with Crippen LogP contribution in [-0.4, -0.2) is 50.5 Å². The van der Waals surface area contributed by atoms with Crippen molar-refractivity contribution in [3.8, 4) is 5.75 Å². The summed E-state index contributed by atoms with van der Waals surface area (Å²) in [6.07, 6.45) is 0. The minimum Gasteiger partial charge on any atom is -0.496 e. The van der Waals surface area contributed by atoms with E-state index in [1.807, 2.05) is 13.0 Å². The predicted molar refractivity (Wildman–Crippen MR) is 90.1 cm³/mol. The first-order valence-electron chi connectivity index (χ1n) is 7.98. The third-order valence-corrected chi connectivity index (χ3v) is 4.12. The van der Waals surface area contributed by atoms with Crippen LogP contribution < -0.4 is 10.1 Å².